The quantitative estimate of drug-likeness (QED) is 0.916. The average molecular weight is 258 g/mol. The lowest BCUT2D eigenvalue weighted by Gasteiger charge is -2.08. The Hall–Kier alpha value is -0.970. The summed E-state index contributed by atoms with van der Waals surface area (Å²) in [7, 11) is 0. The van der Waals surface area contributed by atoms with Gasteiger partial charge >= 0.3 is 0 Å². The molecule has 1 unspecified atom stereocenters. The van der Waals surface area contributed by atoms with E-state index < -0.39 is 11.9 Å². The Morgan fingerprint density at radius 3 is 2.94 bits per heavy atom. The van der Waals surface area contributed by atoms with Crippen LogP contribution in [0.1, 0.15) is 16.5 Å². The molecular formula is C11H9ClFNOS. The zero-order valence-electron chi connectivity index (χ0n) is 8.23. The average Bonchev–Trinajstić information content (AvgIpc) is 2.75. The Kier molecular flexibility index (Phi) is 3.53. The largest absolute Gasteiger partial charge is 0.387 e. The highest BCUT2D eigenvalue weighted by Gasteiger charge is 2.13. The smallest absolute Gasteiger partial charge is 0.127 e. The molecular weight excluding hydrogens is 249 g/mol. The molecule has 1 heterocycles. The lowest BCUT2D eigenvalue weighted by molar-refractivity contribution is 0.180. The molecule has 16 heavy (non-hydrogen) atoms. The maximum Gasteiger partial charge on any atom is 0.127 e. The summed E-state index contributed by atoms with van der Waals surface area (Å²) in [6, 6.07) is 4.44. The summed E-state index contributed by atoms with van der Waals surface area (Å²) in [4.78, 5) is 4.60. The molecule has 1 aromatic carbocycles. The van der Waals surface area contributed by atoms with Crippen molar-refractivity contribution in [2.24, 2.45) is 0 Å². The Morgan fingerprint density at radius 1 is 1.50 bits per heavy atom. The van der Waals surface area contributed by atoms with Gasteiger partial charge in [-0.05, 0) is 17.7 Å². The monoisotopic (exact) mass is 257 g/mol. The second-order valence-corrected chi connectivity index (χ2v) is 4.71. The lowest BCUT2D eigenvalue weighted by atomic mass is 10.1. The predicted molar refractivity (Wildman–Crippen MR) is 62.2 cm³/mol. The Morgan fingerprint density at radius 2 is 2.31 bits per heavy atom. The highest BCUT2D eigenvalue weighted by atomic mass is 35.5. The van der Waals surface area contributed by atoms with Crippen LogP contribution in [0.4, 0.5) is 4.39 Å². The fraction of sp³-hybridized carbons (Fsp3) is 0.182. The number of benzene rings is 1. The van der Waals surface area contributed by atoms with E-state index in [1.807, 2.05) is 0 Å². The van der Waals surface area contributed by atoms with E-state index in [0.29, 0.717) is 10.6 Å². The lowest BCUT2D eigenvalue weighted by Crippen LogP contribution is -2.01. The van der Waals surface area contributed by atoms with Gasteiger partial charge in [-0.1, -0.05) is 17.7 Å². The van der Waals surface area contributed by atoms with Crippen molar-refractivity contribution in [3.05, 3.63) is 51.2 Å². The summed E-state index contributed by atoms with van der Waals surface area (Å²) in [5.41, 5.74) is 2.09. The maximum atomic E-state index is 13.4. The minimum absolute atomic E-state index is 0.227. The third-order valence-corrected chi connectivity index (χ3v) is 3.32. The highest BCUT2D eigenvalue weighted by molar-refractivity contribution is 7.09. The first-order valence-electron chi connectivity index (χ1n) is 4.67. The van der Waals surface area contributed by atoms with Crippen molar-refractivity contribution in [1.29, 1.82) is 0 Å². The highest BCUT2D eigenvalue weighted by Crippen LogP contribution is 2.23. The molecule has 84 valence electrons. The van der Waals surface area contributed by atoms with E-state index in [9.17, 15) is 9.50 Å². The van der Waals surface area contributed by atoms with E-state index in [-0.39, 0.29) is 6.42 Å². The SMILES string of the molecule is OC(Cc1ccc(Cl)cc1F)c1cncs1. The van der Waals surface area contributed by atoms with E-state index >= 15 is 0 Å². The molecule has 0 radical (unpaired) electrons. The van der Waals surface area contributed by atoms with E-state index in [1.54, 1.807) is 23.8 Å². The molecule has 0 saturated carbocycles. The minimum atomic E-state index is -0.719. The van der Waals surface area contributed by atoms with E-state index in [1.165, 1.54) is 17.4 Å². The topological polar surface area (TPSA) is 33.1 Å². The van der Waals surface area contributed by atoms with Crippen LogP contribution in [0.5, 0.6) is 0 Å². The number of hydrogen-bond acceptors (Lipinski definition) is 3. The Bertz CT molecular complexity index is 475. The van der Waals surface area contributed by atoms with Crippen LogP contribution in [0.25, 0.3) is 0 Å². The van der Waals surface area contributed by atoms with Gasteiger partial charge in [-0.25, -0.2) is 4.39 Å². The minimum Gasteiger partial charge on any atom is -0.387 e. The standard InChI is InChI=1S/C11H9ClFNOS/c12-8-2-1-7(9(13)4-8)3-10(15)11-5-14-6-16-11/h1-2,4-6,10,15H,3H2. The van der Waals surface area contributed by atoms with Crippen molar-refractivity contribution in [1.82, 2.24) is 4.98 Å². The van der Waals surface area contributed by atoms with E-state index in [4.69, 9.17) is 11.6 Å². The molecule has 2 nitrogen and oxygen atoms in total. The zero-order chi connectivity index (χ0) is 11.5. The number of aliphatic hydroxyl groups is 1. The van der Waals surface area contributed by atoms with Crippen molar-refractivity contribution in [3.63, 3.8) is 0 Å². The predicted octanol–water partition coefficient (Wildman–Crippen LogP) is 3.21. The van der Waals surface area contributed by atoms with Gasteiger partial charge in [0, 0.05) is 17.6 Å². The molecule has 0 amide bonds. The maximum absolute atomic E-state index is 13.4. The van der Waals surface area contributed by atoms with Gasteiger partial charge in [-0.3, -0.25) is 4.98 Å². The van der Waals surface area contributed by atoms with Crippen molar-refractivity contribution in [2.75, 3.05) is 0 Å². The van der Waals surface area contributed by atoms with Gasteiger partial charge in [0.05, 0.1) is 16.5 Å². The van der Waals surface area contributed by atoms with Gasteiger partial charge in [0.1, 0.15) is 5.82 Å². The fourth-order valence-electron chi connectivity index (χ4n) is 1.39. The molecule has 5 heteroatoms. The second kappa shape index (κ2) is 4.91. The number of rotatable bonds is 3. The molecule has 0 aliphatic rings. The van der Waals surface area contributed by atoms with Gasteiger partial charge in [0.15, 0.2) is 0 Å². The summed E-state index contributed by atoms with van der Waals surface area (Å²) < 4.78 is 13.4. The molecule has 1 aromatic heterocycles. The first-order chi connectivity index (χ1) is 7.66. The molecule has 0 aliphatic carbocycles. The summed E-state index contributed by atoms with van der Waals surface area (Å²) in [6.07, 6.45) is 1.09. The first kappa shape index (κ1) is 11.5. The van der Waals surface area contributed by atoms with Crippen molar-refractivity contribution in [3.8, 4) is 0 Å². The van der Waals surface area contributed by atoms with Gasteiger partial charge in [-0.2, -0.15) is 0 Å². The second-order valence-electron chi connectivity index (χ2n) is 3.36. The number of hydrogen-bond donors (Lipinski definition) is 1. The molecule has 0 bridgehead atoms. The van der Waals surface area contributed by atoms with Gasteiger partial charge < -0.3 is 5.11 Å². The van der Waals surface area contributed by atoms with Crippen LogP contribution in [0, 0.1) is 5.82 Å². The molecule has 1 N–H and O–H groups in total. The summed E-state index contributed by atoms with van der Waals surface area (Å²) >= 11 is 6.99. The van der Waals surface area contributed by atoms with Crippen LogP contribution < -0.4 is 0 Å². The molecule has 2 aromatic rings. The summed E-state index contributed by atoms with van der Waals surface area (Å²) in [6.45, 7) is 0. The number of aliphatic hydroxyl groups excluding tert-OH is 1. The van der Waals surface area contributed by atoms with E-state index in [2.05, 4.69) is 4.98 Å². The number of halogens is 2. The van der Waals surface area contributed by atoms with Gasteiger partial charge in [-0.15, -0.1) is 11.3 Å². The number of nitrogens with zero attached hydrogens (tertiary/aromatic N) is 1. The molecule has 0 fully saturated rings. The number of thiazole rings is 1. The van der Waals surface area contributed by atoms with Crippen LogP contribution in [0.3, 0.4) is 0 Å². The van der Waals surface area contributed by atoms with Crippen LogP contribution in [-0.4, -0.2) is 10.1 Å². The third-order valence-electron chi connectivity index (χ3n) is 2.21. The normalized spacial score (nSPS) is 12.7. The van der Waals surface area contributed by atoms with Crippen LogP contribution in [0.2, 0.25) is 5.02 Å². The molecule has 0 spiro atoms. The van der Waals surface area contributed by atoms with Gasteiger partial charge in [0.25, 0.3) is 0 Å². The van der Waals surface area contributed by atoms with Crippen molar-refractivity contribution in [2.45, 2.75) is 12.5 Å². The summed E-state index contributed by atoms with van der Waals surface area (Å²) in [5.74, 6) is -0.393. The van der Waals surface area contributed by atoms with Crippen molar-refractivity contribution < 1.29 is 9.50 Å². The Balaban J connectivity index is 2.15. The Labute approximate surface area is 101 Å². The van der Waals surface area contributed by atoms with Crippen LogP contribution in [0.15, 0.2) is 29.9 Å². The van der Waals surface area contributed by atoms with Crippen molar-refractivity contribution >= 4 is 22.9 Å². The van der Waals surface area contributed by atoms with Crippen LogP contribution in [-0.2, 0) is 6.42 Å². The molecule has 0 saturated heterocycles. The molecule has 1 atom stereocenters. The fourth-order valence-corrected chi connectivity index (χ4v) is 2.15. The summed E-state index contributed by atoms with van der Waals surface area (Å²) in [5, 5.41) is 10.2. The van der Waals surface area contributed by atoms with Crippen LogP contribution >= 0.6 is 22.9 Å². The first-order valence-corrected chi connectivity index (χ1v) is 5.93. The molecule has 0 aliphatic heterocycles. The zero-order valence-corrected chi connectivity index (χ0v) is 9.80. The number of aromatic nitrogens is 1. The van der Waals surface area contributed by atoms with Gasteiger partial charge in [0.2, 0.25) is 0 Å². The van der Waals surface area contributed by atoms with E-state index in [0.717, 1.165) is 4.88 Å². The third kappa shape index (κ3) is 2.58. The molecule has 2 rings (SSSR count).